The minimum atomic E-state index is -2.15. The van der Waals surface area contributed by atoms with Gasteiger partial charge >= 0.3 is 0 Å². The minimum absolute atomic E-state index is 0.0965. The number of aliphatic hydroxyl groups is 2. The van der Waals surface area contributed by atoms with Crippen molar-refractivity contribution in [2.24, 2.45) is 0 Å². The highest BCUT2D eigenvalue weighted by atomic mass is 19.1. The Kier molecular flexibility index (Phi) is 4.01. The highest BCUT2D eigenvalue weighted by molar-refractivity contribution is 5.91. The van der Waals surface area contributed by atoms with Crippen molar-refractivity contribution in [3.05, 3.63) is 29.1 Å². The number of rotatable bonds is 3. The van der Waals surface area contributed by atoms with Gasteiger partial charge in [0.2, 0.25) is 5.91 Å². The number of hydrogen-bond acceptors (Lipinski definition) is 4. The van der Waals surface area contributed by atoms with Gasteiger partial charge in [0.1, 0.15) is 5.82 Å². The predicted molar refractivity (Wildman–Crippen MR) is 61.9 cm³/mol. The van der Waals surface area contributed by atoms with E-state index < -0.39 is 23.9 Å². The van der Waals surface area contributed by atoms with Crippen LogP contribution in [0.25, 0.3) is 0 Å². The van der Waals surface area contributed by atoms with Crippen LogP contribution in [0.1, 0.15) is 24.5 Å². The zero-order valence-electron chi connectivity index (χ0n) is 9.99. The molecule has 5 nitrogen and oxygen atoms in total. The molecule has 18 heavy (non-hydrogen) atoms. The quantitative estimate of drug-likeness (QED) is 0.700. The van der Waals surface area contributed by atoms with E-state index >= 15 is 0 Å². The molecule has 1 rings (SSSR count). The van der Waals surface area contributed by atoms with E-state index in [2.05, 4.69) is 5.32 Å². The van der Waals surface area contributed by atoms with Gasteiger partial charge in [-0.25, -0.2) is 4.39 Å². The van der Waals surface area contributed by atoms with Gasteiger partial charge in [-0.05, 0) is 31.5 Å². The second-order valence-corrected chi connectivity index (χ2v) is 4.20. The highest BCUT2D eigenvalue weighted by Gasteiger charge is 2.21. The molecule has 1 amide bonds. The molecule has 0 heterocycles. The van der Waals surface area contributed by atoms with Crippen LogP contribution >= 0.6 is 0 Å². The molecule has 1 aromatic carbocycles. The van der Waals surface area contributed by atoms with Crippen LogP contribution < -0.4 is 5.32 Å². The Morgan fingerprint density at radius 2 is 2.17 bits per heavy atom. The summed E-state index contributed by atoms with van der Waals surface area (Å²) in [6.07, 6.45) is -0.578. The van der Waals surface area contributed by atoms with Crippen LogP contribution in [0.5, 0.6) is 0 Å². The average Bonchev–Trinajstić information content (AvgIpc) is 2.20. The lowest BCUT2D eigenvalue weighted by Crippen LogP contribution is -2.30. The van der Waals surface area contributed by atoms with Crippen molar-refractivity contribution in [3.63, 3.8) is 0 Å². The van der Waals surface area contributed by atoms with Gasteiger partial charge in [0.05, 0.1) is 23.7 Å². The number of hydrogen-bond donors (Lipinski definition) is 3. The van der Waals surface area contributed by atoms with Gasteiger partial charge in [-0.1, -0.05) is 0 Å². The Morgan fingerprint density at radius 1 is 1.56 bits per heavy atom. The number of halogens is 1. The molecule has 0 atom stereocenters. The molecule has 0 aliphatic rings. The van der Waals surface area contributed by atoms with Gasteiger partial charge in [-0.15, -0.1) is 0 Å². The van der Waals surface area contributed by atoms with E-state index in [-0.39, 0.29) is 11.3 Å². The highest BCUT2D eigenvalue weighted by Crippen LogP contribution is 2.20. The number of amides is 1. The number of aryl methyl sites for hydroxylation is 1. The predicted octanol–water partition coefficient (Wildman–Crippen LogP) is 1.04. The molecule has 6 heteroatoms. The molecule has 96 valence electrons. The summed E-state index contributed by atoms with van der Waals surface area (Å²) in [5.74, 6) is -3.63. The second kappa shape index (κ2) is 5.12. The lowest BCUT2D eigenvalue weighted by Gasteiger charge is -2.15. The van der Waals surface area contributed by atoms with Crippen molar-refractivity contribution in [1.82, 2.24) is 0 Å². The third-order valence-electron chi connectivity index (χ3n) is 2.20. The molecule has 0 aliphatic carbocycles. The Bertz CT molecular complexity index is 515. The number of carbonyl (C=O) groups is 1. The van der Waals surface area contributed by atoms with Crippen molar-refractivity contribution < 1.29 is 19.4 Å². The maximum Gasteiger partial charge on any atom is 0.229 e. The topological polar surface area (TPSA) is 93.3 Å². The zero-order valence-corrected chi connectivity index (χ0v) is 9.99. The van der Waals surface area contributed by atoms with Gasteiger partial charge in [0.25, 0.3) is 0 Å². The summed E-state index contributed by atoms with van der Waals surface area (Å²) in [7, 11) is 0. The smallest absolute Gasteiger partial charge is 0.229 e. The lowest BCUT2D eigenvalue weighted by atomic mass is 10.1. The first-order valence-corrected chi connectivity index (χ1v) is 5.18. The van der Waals surface area contributed by atoms with Crippen LogP contribution in [0.2, 0.25) is 0 Å². The van der Waals surface area contributed by atoms with Crippen molar-refractivity contribution >= 4 is 11.6 Å². The van der Waals surface area contributed by atoms with Crippen LogP contribution in [0.4, 0.5) is 10.1 Å². The molecule has 1 aromatic rings. The van der Waals surface area contributed by atoms with E-state index in [9.17, 15) is 9.18 Å². The van der Waals surface area contributed by atoms with Crippen LogP contribution in [0.3, 0.4) is 0 Å². The molecule has 0 aliphatic heterocycles. The number of anilines is 1. The average molecular weight is 252 g/mol. The van der Waals surface area contributed by atoms with Crippen molar-refractivity contribution in [2.45, 2.75) is 26.1 Å². The minimum Gasteiger partial charge on any atom is -0.365 e. The van der Waals surface area contributed by atoms with Crippen molar-refractivity contribution in [1.29, 1.82) is 5.26 Å². The van der Waals surface area contributed by atoms with E-state index in [0.29, 0.717) is 5.56 Å². The largest absolute Gasteiger partial charge is 0.365 e. The van der Waals surface area contributed by atoms with E-state index in [0.717, 1.165) is 13.0 Å². The molecule has 0 unspecified atom stereocenters. The number of benzene rings is 1. The van der Waals surface area contributed by atoms with Gasteiger partial charge in [-0.3, -0.25) is 4.79 Å². The van der Waals surface area contributed by atoms with Crippen molar-refractivity contribution in [2.75, 3.05) is 5.32 Å². The lowest BCUT2D eigenvalue weighted by molar-refractivity contribution is -0.158. The maximum atomic E-state index is 13.5. The fourth-order valence-electron chi connectivity index (χ4n) is 1.40. The third kappa shape index (κ3) is 3.80. The van der Waals surface area contributed by atoms with Crippen LogP contribution in [0.15, 0.2) is 12.1 Å². The van der Waals surface area contributed by atoms with Crippen molar-refractivity contribution in [3.8, 4) is 6.07 Å². The first-order valence-electron chi connectivity index (χ1n) is 5.18. The first-order chi connectivity index (χ1) is 8.23. The fraction of sp³-hybridized carbons (Fsp3) is 0.333. The molecule has 0 saturated carbocycles. The molecule has 3 N–H and O–H groups in total. The number of nitriles is 1. The Labute approximate surface area is 103 Å². The molecule has 0 saturated heterocycles. The zero-order chi connectivity index (χ0) is 13.9. The Balaban J connectivity index is 2.90. The molecular weight excluding hydrogens is 239 g/mol. The van der Waals surface area contributed by atoms with Crippen LogP contribution in [0, 0.1) is 24.1 Å². The second-order valence-electron chi connectivity index (χ2n) is 4.20. The third-order valence-corrected chi connectivity index (χ3v) is 2.20. The summed E-state index contributed by atoms with van der Waals surface area (Å²) >= 11 is 0. The van der Waals surface area contributed by atoms with Crippen LogP contribution in [-0.4, -0.2) is 21.9 Å². The first kappa shape index (κ1) is 14.1. The molecule has 0 aromatic heterocycles. The summed E-state index contributed by atoms with van der Waals surface area (Å²) in [6, 6.07) is 4.16. The van der Waals surface area contributed by atoms with E-state index in [1.165, 1.54) is 6.07 Å². The summed E-state index contributed by atoms with van der Waals surface area (Å²) in [4.78, 5) is 11.4. The maximum absolute atomic E-state index is 13.5. The normalized spacial score (nSPS) is 10.9. The SMILES string of the molecule is Cc1cc(NC(=O)CC(C)(O)O)c(F)cc1C#N. The molecule has 0 radical (unpaired) electrons. The van der Waals surface area contributed by atoms with E-state index in [1.54, 1.807) is 6.92 Å². The molecule has 0 fully saturated rings. The monoisotopic (exact) mass is 252 g/mol. The van der Waals surface area contributed by atoms with Gasteiger partial charge < -0.3 is 15.5 Å². The summed E-state index contributed by atoms with van der Waals surface area (Å²) < 4.78 is 13.5. The van der Waals surface area contributed by atoms with E-state index in [4.69, 9.17) is 15.5 Å². The Hall–Kier alpha value is -1.97. The van der Waals surface area contributed by atoms with Gasteiger partial charge in [-0.2, -0.15) is 5.26 Å². The number of nitrogens with one attached hydrogen (secondary N) is 1. The number of nitrogens with zero attached hydrogens (tertiary/aromatic N) is 1. The number of carbonyl (C=O) groups excluding carboxylic acids is 1. The molecule has 0 spiro atoms. The molecule has 0 bridgehead atoms. The Morgan fingerprint density at radius 3 is 2.67 bits per heavy atom. The van der Waals surface area contributed by atoms with Gasteiger partial charge in [0, 0.05) is 0 Å². The fourth-order valence-corrected chi connectivity index (χ4v) is 1.40. The summed E-state index contributed by atoms with van der Waals surface area (Å²) in [6.45, 7) is 2.66. The molecular formula is C12H13FN2O3. The summed E-state index contributed by atoms with van der Waals surface area (Å²) in [5.41, 5.74) is 0.602. The van der Waals surface area contributed by atoms with Crippen LogP contribution in [-0.2, 0) is 4.79 Å². The van der Waals surface area contributed by atoms with E-state index in [1.807, 2.05) is 6.07 Å². The standard InChI is InChI=1S/C12H13FN2O3/c1-7-3-10(9(13)4-8(7)6-14)15-11(16)5-12(2,17)18/h3-4,17-18H,5H2,1-2H3,(H,15,16). The van der Waals surface area contributed by atoms with Gasteiger partial charge in [0.15, 0.2) is 5.79 Å². The summed E-state index contributed by atoms with van der Waals surface area (Å²) in [5, 5.41) is 29.0.